The van der Waals surface area contributed by atoms with E-state index >= 15 is 0 Å². The van der Waals surface area contributed by atoms with Gasteiger partial charge in [-0.15, -0.1) is 0 Å². The molecule has 0 unspecified atom stereocenters. The molecular formula is C14H22N4O2. The summed E-state index contributed by atoms with van der Waals surface area (Å²) in [6.45, 7) is 7.58. The van der Waals surface area contributed by atoms with Crippen molar-refractivity contribution in [2.24, 2.45) is 5.92 Å². The number of nitro groups is 1. The number of pyridine rings is 1. The molecule has 0 bridgehead atoms. The Morgan fingerprint density at radius 2 is 2.20 bits per heavy atom. The van der Waals surface area contributed by atoms with Crippen LogP contribution in [-0.2, 0) is 0 Å². The van der Waals surface area contributed by atoms with Crippen LogP contribution in [0.5, 0.6) is 0 Å². The average Bonchev–Trinajstić information content (AvgIpc) is 2.45. The van der Waals surface area contributed by atoms with Crippen LogP contribution in [0.4, 0.5) is 11.5 Å². The highest BCUT2D eigenvalue weighted by Gasteiger charge is 2.27. The minimum Gasteiger partial charge on any atom is -0.351 e. The Morgan fingerprint density at radius 3 is 2.80 bits per heavy atom. The fourth-order valence-corrected chi connectivity index (χ4v) is 2.69. The molecule has 0 saturated carbocycles. The van der Waals surface area contributed by atoms with E-state index in [-0.39, 0.29) is 10.6 Å². The van der Waals surface area contributed by atoms with E-state index in [1.54, 1.807) is 19.2 Å². The Kier molecular flexibility index (Phi) is 4.89. The maximum absolute atomic E-state index is 11.2. The molecule has 1 aromatic heterocycles. The third-order valence-electron chi connectivity index (χ3n) is 3.89. The highest BCUT2D eigenvalue weighted by molar-refractivity contribution is 5.61. The molecular weight excluding hydrogens is 256 g/mol. The van der Waals surface area contributed by atoms with E-state index in [9.17, 15) is 10.1 Å². The molecule has 1 aliphatic rings. The zero-order valence-corrected chi connectivity index (χ0v) is 12.1. The summed E-state index contributed by atoms with van der Waals surface area (Å²) in [5.74, 6) is 1.19. The first kappa shape index (κ1) is 14.7. The summed E-state index contributed by atoms with van der Waals surface area (Å²) in [5.41, 5.74) is 0.826. The van der Waals surface area contributed by atoms with E-state index in [1.807, 2.05) is 4.90 Å². The highest BCUT2D eigenvalue weighted by atomic mass is 16.6. The van der Waals surface area contributed by atoms with Gasteiger partial charge in [0.15, 0.2) is 0 Å². The molecule has 1 aliphatic heterocycles. The number of aryl methyl sites for hydroxylation is 1. The maximum Gasteiger partial charge on any atom is 0.314 e. The van der Waals surface area contributed by atoms with Crippen molar-refractivity contribution in [2.75, 3.05) is 31.1 Å². The first-order chi connectivity index (χ1) is 9.63. The Bertz CT molecular complexity index is 470. The fraction of sp³-hybridized carbons (Fsp3) is 0.643. The lowest BCUT2D eigenvalue weighted by Gasteiger charge is -2.32. The number of rotatable bonds is 5. The lowest BCUT2D eigenvalue weighted by molar-refractivity contribution is -0.384. The van der Waals surface area contributed by atoms with E-state index in [0.717, 1.165) is 39.0 Å². The molecule has 6 nitrogen and oxygen atoms in total. The minimum absolute atomic E-state index is 0.151. The Balaban J connectivity index is 2.07. The number of hydrogen-bond acceptors (Lipinski definition) is 5. The highest BCUT2D eigenvalue weighted by Crippen LogP contribution is 2.31. The van der Waals surface area contributed by atoms with E-state index in [1.165, 1.54) is 0 Å². The largest absolute Gasteiger partial charge is 0.351 e. The Labute approximate surface area is 119 Å². The van der Waals surface area contributed by atoms with Crippen LogP contribution in [0.25, 0.3) is 0 Å². The van der Waals surface area contributed by atoms with Crippen molar-refractivity contribution in [2.45, 2.75) is 26.7 Å². The van der Waals surface area contributed by atoms with Crippen LogP contribution >= 0.6 is 0 Å². The second kappa shape index (κ2) is 6.65. The molecule has 0 atom stereocenters. The van der Waals surface area contributed by atoms with Crippen LogP contribution in [0.15, 0.2) is 12.3 Å². The number of hydrogen-bond donors (Lipinski definition) is 1. The summed E-state index contributed by atoms with van der Waals surface area (Å²) in [4.78, 5) is 17.2. The van der Waals surface area contributed by atoms with Crippen molar-refractivity contribution in [1.82, 2.24) is 10.3 Å². The number of aromatic nitrogens is 1. The zero-order chi connectivity index (χ0) is 14.5. The average molecular weight is 278 g/mol. The maximum atomic E-state index is 11.2. The molecule has 0 radical (unpaired) electrons. The SMILES string of the molecule is CCNCC1CCN(c2nccc(C)c2[N+](=O)[O-])CC1. The molecule has 110 valence electrons. The molecule has 6 heteroatoms. The van der Waals surface area contributed by atoms with Gasteiger partial charge in [0.1, 0.15) is 0 Å². The second-order valence-corrected chi connectivity index (χ2v) is 5.30. The molecule has 2 rings (SSSR count). The lowest BCUT2D eigenvalue weighted by Crippen LogP contribution is -2.38. The van der Waals surface area contributed by atoms with Gasteiger partial charge in [0.05, 0.1) is 4.92 Å². The molecule has 20 heavy (non-hydrogen) atoms. The van der Waals surface area contributed by atoms with Gasteiger partial charge in [-0.25, -0.2) is 4.98 Å². The van der Waals surface area contributed by atoms with Crippen molar-refractivity contribution >= 4 is 11.5 Å². The van der Waals surface area contributed by atoms with Crippen molar-refractivity contribution in [3.05, 3.63) is 27.9 Å². The van der Waals surface area contributed by atoms with Crippen LogP contribution in [0.3, 0.4) is 0 Å². The van der Waals surface area contributed by atoms with Crippen molar-refractivity contribution in [3.63, 3.8) is 0 Å². The van der Waals surface area contributed by atoms with Gasteiger partial charge in [-0.2, -0.15) is 0 Å². The van der Waals surface area contributed by atoms with Crippen molar-refractivity contribution in [3.8, 4) is 0 Å². The molecule has 0 aromatic carbocycles. The zero-order valence-electron chi connectivity index (χ0n) is 12.1. The number of nitrogens with zero attached hydrogens (tertiary/aromatic N) is 3. The third kappa shape index (κ3) is 3.25. The van der Waals surface area contributed by atoms with Crippen molar-refractivity contribution in [1.29, 1.82) is 0 Å². The second-order valence-electron chi connectivity index (χ2n) is 5.30. The Hall–Kier alpha value is -1.69. The standard InChI is InChI=1S/C14H22N4O2/c1-3-15-10-12-5-8-17(9-6-12)14-13(18(19)20)11(2)4-7-16-14/h4,7,12,15H,3,5-6,8-10H2,1-2H3. The topological polar surface area (TPSA) is 71.3 Å². The molecule has 0 spiro atoms. The molecule has 0 amide bonds. The quantitative estimate of drug-likeness (QED) is 0.660. The monoisotopic (exact) mass is 278 g/mol. The van der Waals surface area contributed by atoms with E-state index in [4.69, 9.17) is 0 Å². The van der Waals surface area contributed by atoms with Crippen molar-refractivity contribution < 1.29 is 4.92 Å². The Morgan fingerprint density at radius 1 is 1.50 bits per heavy atom. The summed E-state index contributed by atoms with van der Waals surface area (Å²) in [6, 6.07) is 1.69. The van der Waals surface area contributed by atoms with Gasteiger partial charge in [0.2, 0.25) is 5.82 Å². The smallest absolute Gasteiger partial charge is 0.314 e. The summed E-state index contributed by atoms with van der Waals surface area (Å²) in [5, 5.41) is 14.6. The van der Waals surface area contributed by atoms with Gasteiger partial charge >= 0.3 is 5.69 Å². The van der Waals surface area contributed by atoms with Crippen LogP contribution in [0, 0.1) is 23.0 Å². The number of nitrogens with one attached hydrogen (secondary N) is 1. The molecule has 2 heterocycles. The van der Waals surface area contributed by atoms with Crippen LogP contribution in [0.2, 0.25) is 0 Å². The van der Waals surface area contributed by atoms with Crippen LogP contribution < -0.4 is 10.2 Å². The van der Waals surface area contributed by atoms with Gasteiger partial charge in [-0.1, -0.05) is 6.92 Å². The minimum atomic E-state index is -0.317. The third-order valence-corrected chi connectivity index (χ3v) is 3.89. The molecule has 1 saturated heterocycles. The van der Waals surface area contributed by atoms with Gasteiger partial charge < -0.3 is 10.2 Å². The molecule has 1 fully saturated rings. The summed E-state index contributed by atoms with van der Waals surface area (Å²) >= 11 is 0. The first-order valence-electron chi connectivity index (χ1n) is 7.19. The van der Waals surface area contributed by atoms with Gasteiger partial charge in [-0.3, -0.25) is 10.1 Å². The van der Waals surface area contributed by atoms with E-state index in [2.05, 4.69) is 17.2 Å². The lowest BCUT2D eigenvalue weighted by atomic mass is 9.96. The van der Waals surface area contributed by atoms with Gasteiger partial charge in [0, 0.05) is 24.8 Å². The molecule has 0 aliphatic carbocycles. The van der Waals surface area contributed by atoms with Gasteiger partial charge in [0.25, 0.3) is 0 Å². The van der Waals surface area contributed by atoms with Crippen LogP contribution in [-0.4, -0.2) is 36.1 Å². The first-order valence-corrected chi connectivity index (χ1v) is 7.19. The predicted octanol–water partition coefficient (Wildman–Crippen LogP) is 2.12. The van der Waals surface area contributed by atoms with E-state index < -0.39 is 0 Å². The molecule has 1 N–H and O–H groups in total. The van der Waals surface area contributed by atoms with Crippen LogP contribution in [0.1, 0.15) is 25.3 Å². The summed E-state index contributed by atoms with van der Waals surface area (Å²) in [6.07, 6.45) is 3.77. The fourth-order valence-electron chi connectivity index (χ4n) is 2.69. The van der Waals surface area contributed by atoms with Gasteiger partial charge in [-0.05, 0) is 44.8 Å². The number of piperidine rings is 1. The molecule has 1 aromatic rings. The predicted molar refractivity (Wildman–Crippen MR) is 79.1 cm³/mol. The van der Waals surface area contributed by atoms with E-state index in [0.29, 0.717) is 17.3 Å². The number of anilines is 1. The normalized spacial score (nSPS) is 16.4. The summed E-state index contributed by atoms with van der Waals surface area (Å²) in [7, 11) is 0. The summed E-state index contributed by atoms with van der Waals surface area (Å²) < 4.78 is 0.